The molecule has 2 N–H and O–H groups in total. The highest BCUT2D eigenvalue weighted by Gasteiger charge is 2.40. The van der Waals surface area contributed by atoms with Gasteiger partial charge in [-0.3, -0.25) is 9.69 Å². The molecule has 5 heterocycles. The fraction of sp³-hybridized carbons (Fsp3) is 0.458. The Balaban J connectivity index is 1.40. The lowest BCUT2D eigenvalue weighted by molar-refractivity contribution is -0.0327. The van der Waals surface area contributed by atoms with Gasteiger partial charge in [0.2, 0.25) is 0 Å². The lowest BCUT2D eigenvalue weighted by atomic mass is 9.98. The monoisotopic (exact) mass is 534 g/mol. The number of hydrogen-bond acceptors (Lipinski definition) is 7. The maximum atomic E-state index is 13.4. The number of nitrogens with zero attached hydrogens (tertiary/aromatic N) is 4. The fourth-order valence-corrected chi connectivity index (χ4v) is 6.43. The molecular weight excluding hydrogens is 509 g/mol. The lowest BCUT2D eigenvalue weighted by Gasteiger charge is -2.38. The largest absolute Gasteiger partial charge is 0.446 e. The molecule has 2 bridgehead atoms. The zero-order valence-electron chi connectivity index (χ0n) is 19.7. The first kappa shape index (κ1) is 24.9. The molecule has 36 heavy (non-hydrogen) atoms. The fourth-order valence-electron chi connectivity index (χ4n) is 5.06. The average molecular weight is 535 g/mol. The van der Waals surface area contributed by atoms with Crippen LogP contribution in [0.1, 0.15) is 46.1 Å². The molecule has 1 amide bonds. The van der Waals surface area contributed by atoms with Gasteiger partial charge in [-0.1, -0.05) is 12.0 Å². The Kier molecular flexibility index (Phi) is 6.89. The van der Waals surface area contributed by atoms with Crippen LogP contribution >= 0.6 is 23.1 Å². The molecule has 2 aliphatic rings. The van der Waals surface area contributed by atoms with Crippen molar-refractivity contribution in [2.75, 3.05) is 18.9 Å². The first-order chi connectivity index (χ1) is 17.2. The summed E-state index contributed by atoms with van der Waals surface area (Å²) in [6, 6.07) is 6.39. The van der Waals surface area contributed by atoms with Crippen molar-refractivity contribution < 1.29 is 18.0 Å². The van der Waals surface area contributed by atoms with Crippen molar-refractivity contribution in [2.24, 2.45) is 0 Å². The molecule has 0 unspecified atom stereocenters. The SMILES string of the molecule is Cc1ncc(C(=O)NCC#Cc2nn3c(N[C@@H]4CC[C@@H]5CC[C@H]4N5C)cccc3c2SC(F)(F)F)s1. The summed E-state index contributed by atoms with van der Waals surface area (Å²) in [5.41, 5.74) is -4.13. The lowest BCUT2D eigenvalue weighted by Crippen LogP contribution is -2.48. The standard InChI is InChI=1S/C24H25F3N6OS2/c1-14-29-13-20(35-14)23(34)28-12-4-5-17-22(36-24(25,26)27)19-6-3-7-21(33(19)31-17)30-16-10-8-15-9-11-18(16)32(15)2/h3,6-7,13,15-16,18,30H,8-12H2,1-2H3,(H,28,34)/t15-,16-,18-/m1/s1. The molecule has 0 saturated carbocycles. The molecule has 12 heteroatoms. The quantitative estimate of drug-likeness (QED) is 0.370. The van der Waals surface area contributed by atoms with E-state index in [1.165, 1.54) is 28.5 Å². The summed E-state index contributed by atoms with van der Waals surface area (Å²) in [4.78, 5) is 19.0. The van der Waals surface area contributed by atoms with E-state index in [1.807, 2.05) is 6.07 Å². The number of carbonyl (C=O) groups is 1. The van der Waals surface area contributed by atoms with Crippen molar-refractivity contribution in [3.8, 4) is 11.8 Å². The number of carbonyl (C=O) groups excluding carboxylic acids is 1. The van der Waals surface area contributed by atoms with Gasteiger partial charge in [0.15, 0.2) is 0 Å². The Morgan fingerprint density at radius 3 is 2.83 bits per heavy atom. The van der Waals surface area contributed by atoms with E-state index in [0.717, 1.165) is 24.3 Å². The molecular formula is C24H25F3N6OS2. The summed E-state index contributed by atoms with van der Waals surface area (Å²) < 4.78 is 41.8. The summed E-state index contributed by atoms with van der Waals surface area (Å²) in [7, 11) is 2.14. The molecule has 5 rings (SSSR count). The van der Waals surface area contributed by atoms with Gasteiger partial charge < -0.3 is 10.6 Å². The number of alkyl halides is 3. The number of nitrogens with one attached hydrogen (secondary N) is 2. The van der Waals surface area contributed by atoms with Gasteiger partial charge in [0, 0.05) is 18.1 Å². The van der Waals surface area contributed by atoms with Crippen LogP contribution in [-0.4, -0.2) is 62.6 Å². The number of amides is 1. The number of thioether (sulfide) groups is 1. The zero-order chi connectivity index (χ0) is 25.4. The minimum absolute atomic E-state index is 0.0242. The number of likely N-dealkylation sites (N-methyl/N-ethyl adjacent to an activating group) is 1. The number of hydrogen-bond donors (Lipinski definition) is 2. The number of aryl methyl sites for hydroxylation is 1. The van der Waals surface area contributed by atoms with Gasteiger partial charge in [-0.15, -0.1) is 11.3 Å². The van der Waals surface area contributed by atoms with Gasteiger partial charge in [-0.05, 0) is 69.5 Å². The van der Waals surface area contributed by atoms with Crippen LogP contribution in [0.25, 0.3) is 5.52 Å². The maximum absolute atomic E-state index is 13.4. The maximum Gasteiger partial charge on any atom is 0.446 e. The van der Waals surface area contributed by atoms with E-state index in [9.17, 15) is 18.0 Å². The Hall–Kier alpha value is -2.75. The van der Waals surface area contributed by atoms with Crippen LogP contribution in [0.2, 0.25) is 0 Å². The minimum atomic E-state index is -4.49. The van der Waals surface area contributed by atoms with E-state index >= 15 is 0 Å². The van der Waals surface area contributed by atoms with Gasteiger partial charge in [0.25, 0.3) is 5.91 Å². The van der Waals surface area contributed by atoms with Crippen LogP contribution in [0.15, 0.2) is 29.3 Å². The van der Waals surface area contributed by atoms with Crippen molar-refractivity contribution in [1.82, 2.24) is 24.8 Å². The predicted octanol–water partition coefficient (Wildman–Crippen LogP) is 4.53. The molecule has 0 spiro atoms. The Bertz CT molecular complexity index is 1340. The minimum Gasteiger partial charge on any atom is -0.366 e. The molecule has 0 aromatic carbocycles. The van der Waals surface area contributed by atoms with E-state index in [1.54, 1.807) is 19.1 Å². The van der Waals surface area contributed by atoms with E-state index in [0.29, 0.717) is 28.3 Å². The third-order valence-electron chi connectivity index (χ3n) is 6.72. The van der Waals surface area contributed by atoms with Crippen LogP contribution in [0, 0.1) is 18.8 Å². The van der Waals surface area contributed by atoms with Gasteiger partial charge in [-0.2, -0.15) is 18.3 Å². The molecule has 190 valence electrons. The van der Waals surface area contributed by atoms with E-state index in [2.05, 4.69) is 44.5 Å². The Morgan fingerprint density at radius 2 is 2.08 bits per heavy atom. The summed E-state index contributed by atoms with van der Waals surface area (Å²) in [6.07, 6.45) is 5.86. The second-order valence-electron chi connectivity index (χ2n) is 8.95. The number of pyridine rings is 1. The van der Waals surface area contributed by atoms with Crippen molar-refractivity contribution in [3.05, 3.63) is 40.0 Å². The number of piperidine rings is 1. The Labute approximate surface area is 214 Å². The Morgan fingerprint density at radius 1 is 1.28 bits per heavy atom. The van der Waals surface area contributed by atoms with E-state index in [4.69, 9.17) is 0 Å². The van der Waals surface area contributed by atoms with Crippen LogP contribution < -0.4 is 10.6 Å². The van der Waals surface area contributed by atoms with Gasteiger partial charge in [0.1, 0.15) is 16.4 Å². The summed E-state index contributed by atoms with van der Waals surface area (Å²) in [6.45, 7) is 1.77. The van der Waals surface area contributed by atoms with Crippen molar-refractivity contribution >= 4 is 40.3 Å². The van der Waals surface area contributed by atoms with Crippen LogP contribution in [0.5, 0.6) is 0 Å². The third-order valence-corrected chi connectivity index (χ3v) is 8.47. The molecule has 2 fully saturated rings. The number of rotatable bonds is 5. The normalized spacial score (nSPS) is 21.9. The molecule has 3 atom stereocenters. The highest BCUT2D eigenvalue weighted by Crippen LogP contribution is 2.41. The first-order valence-electron chi connectivity index (χ1n) is 11.6. The van der Waals surface area contributed by atoms with Crippen molar-refractivity contribution in [2.45, 2.75) is 61.1 Å². The summed E-state index contributed by atoms with van der Waals surface area (Å²) >= 11 is 1.04. The van der Waals surface area contributed by atoms with Crippen LogP contribution in [0.3, 0.4) is 0 Å². The van der Waals surface area contributed by atoms with E-state index in [-0.39, 0.29) is 40.8 Å². The van der Waals surface area contributed by atoms with Gasteiger partial charge >= 0.3 is 5.51 Å². The van der Waals surface area contributed by atoms with Crippen LogP contribution in [-0.2, 0) is 0 Å². The van der Waals surface area contributed by atoms with Gasteiger partial charge in [-0.25, -0.2) is 9.50 Å². The zero-order valence-corrected chi connectivity index (χ0v) is 21.4. The molecule has 7 nitrogen and oxygen atoms in total. The second-order valence-corrected chi connectivity index (χ2v) is 11.3. The van der Waals surface area contributed by atoms with Crippen molar-refractivity contribution in [3.63, 3.8) is 0 Å². The second kappa shape index (κ2) is 9.95. The number of thiazole rings is 1. The highest BCUT2D eigenvalue weighted by atomic mass is 32.2. The summed E-state index contributed by atoms with van der Waals surface area (Å²) in [5, 5.41) is 11.4. The molecule has 3 aromatic heterocycles. The third kappa shape index (κ3) is 5.19. The predicted molar refractivity (Wildman–Crippen MR) is 134 cm³/mol. The molecule has 2 saturated heterocycles. The van der Waals surface area contributed by atoms with E-state index < -0.39 is 5.51 Å². The average Bonchev–Trinajstić information content (AvgIpc) is 3.46. The molecule has 3 aromatic rings. The van der Waals surface area contributed by atoms with Gasteiger partial charge in [0.05, 0.1) is 28.2 Å². The number of aromatic nitrogens is 3. The number of fused-ring (bicyclic) bond motifs is 3. The molecule has 2 aliphatic heterocycles. The van der Waals surface area contributed by atoms with Crippen LogP contribution in [0.4, 0.5) is 19.0 Å². The number of anilines is 1. The molecule has 0 radical (unpaired) electrons. The molecule has 0 aliphatic carbocycles. The number of halogens is 3. The topological polar surface area (TPSA) is 74.6 Å². The van der Waals surface area contributed by atoms with Crippen molar-refractivity contribution in [1.29, 1.82) is 0 Å². The summed E-state index contributed by atoms with van der Waals surface area (Å²) in [5.74, 6) is 5.79. The highest BCUT2D eigenvalue weighted by molar-refractivity contribution is 8.00. The smallest absolute Gasteiger partial charge is 0.366 e. The first-order valence-corrected chi connectivity index (χ1v) is 13.3.